The Kier molecular flexibility index (Phi) is 2.18. The molecule has 4 nitrogen and oxygen atoms in total. The third-order valence-corrected chi connectivity index (χ3v) is 2.22. The normalized spacial score (nSPS) is 12.0. The molecule has 0 aliphatic heterocycles. The van der Waals surface area contributed by atoms with E-state index in [4.69, 9.17) is 5.73 Å². The Hall–Kier alpha value is -1.92. The number of alkyl halides is 3. The van der Waals surface area contributed by atoms with Gasteiger partial charge >= 0.3 is 6.18 Å². The van der Waals surface area contributed by atoms with E-state index >= 15 is 0 Å². The Morgan fingerprint density at radius 2 is 2.06 bits per heavy atom. The summed E-state index contributed by atoms with van der Waals surface area (Å²) in [7, 11) is 1.17. The van der Waals surface area contributed by atoms with Gasteiger partial charge in [-0.1, -0.05) is 0 Å². The largest absolute Gasteiger partial charge is 0.496 e. The molecule has 2 rings (SSSR count). The number of nitrogens with two attached hydrogens (primary N) is 1. The molecule has 1 heterocycles. The van der Waals surface area contributed by atoms with Crippen molar-refractivity contribution in [3.05, 3.63) is 17.7 Å². The van der Waals surface area contributed by atoms with Gasteiger partial charge in [-0.3, -0.25) is 5.10 Å². The van der Waals surface area contributed by atoms with Crippen LogP contribution in [0, 0.1) is 0 Å². The first-order valence-electron chi connectivity index (χ1n) is 4.32. The van der Waals surface area contributed by atoms with Crippen LogP contribution in [0.5, 0.6) is 5.75 Å². The minimum Gasteiger partial charge on any atom is -0.496 e. The number of halogens is 3. The average Bonchev–Trinajstić information content (AvgIpc) is 2.57. The van der Waals surface area contributed by atoms with Crippen molar-refractivity contribution in [2.45, 2.75) is 6.18 Å². The molecule has 0 saturated carbocycles. The fourth-order valence-corrected chi connectivity index (χ4v) is 1.46. The number of nitrogens with zero attached hydrogens (tertiary/aromatic N) is 1. The predicted molar refractivity (Wildman–Crippen MR) is 52.1 cm³/mol. The summed E-state index contributed by atoms with van der Waals surface area (Å²) in [6.07, 6.45) is -4.47. The van der Waals surface area contributed by atoms with E-state index in [2.05, 4.69) is 14.9 Å². The molecule has 0 bridgehead atoms. The van der Waals surface area contributed by atoms with Crippen LogP contribution in [0.4, 0.5) is 19.0 Å². The van der Waals surface area contributed by atoms with Gasteiger partial charge in [0, 0.05) is 5.39 Å². The zero-order valence-corrected chi connectivity index (χ0v) is 8.22. The molecule has 0 spiro atoms. The Labute approximate surface area is 88.2 Å². The predicted octanol–water partition coefficient (Wildman–Crippen LogP) is 2.17. The molecule has 86 valence electrons. The van der Waals surface area contributed by atoms with E-state index in [1.807, 2.05) is 0 Å². The van der Waals surface area contributed by atoms with Gasteiger partial charge in [-0.05, 0) is 12.1 Å². The number of H-pyrrole nitrogens is 1. The summed E-state index contributed by atoms with van der Waals surface area (Å²) in [5.74, 6) is -0.130. The van der Waals surface area contributed by atoms with Crippen LogP contribution in [0.2, 0.25) is 0 Å². The average molecular weight is 231 g/mol. The highest BCUT2D eigenvalue weighted by atomic mass is 19.4. The second-order valence-corrected chi connectivity index (χ2v) is 3.20. The fraction of sp³-hybridized carbons (Fsp3) is 0.222. The maximum atomic E-state index is 12.6. The number of hydrogen-bond acceptors (Lipinski definition) is 3. The first-order chi connectivity index (χ1) is 7.43. The number of nitrogen functional groups attached to an aromatic ring is 1. The number of fused-ring (bicyclic) bond motifs is 1. The third-order valence-electron chi connectivity index (χ3n) is 2.22. The fourth-order valence-electron chi connectivity index (χ4n) is 1.46. The van der Waals surface area contributed by atoms with Crippen LogP contribution in [0.15, 0.2) is 12.1 Å². The molecule has 1 aromatic carbocycles. The molecular weight excluding hydrogens is 223 g/mol. The van der Waals surface area contributed by atoms with E-state index in [1.54, 1.807) is 0 Å². The number of ether oxygens (including phenoxy) is 1. The quantitative estimate of drug-likeness (QED) is 0.790. The van der Waals surface area contributed by atoms with Gasteiger partial charge in [-0.2, -0.15) is 18.3 Å². The maximum Gasteiger partial charge on any atom is 0.420 e. The van der Waals surface area contributed by atoms with Gasteiger partial charge in [0.2, 0.25) is 0 Å². The number of aromatic nitrogens is 2. The topological polar surface area (TPSA) is 63.9 Å². The van der Waals surface area contributed by atoms with Crippen LogP contribution in [-0.2, 0) is 6.18 Å². The summed E-state index contributed by atoms with van der Waals surface area (Å²) in [6, 6.07) is 2.15. The first kappa shape index (κ1) is 10.6. The van der Waals surface area contributed by atoms with Crippen molar-refractivity contribution in [1.82, 2.24) is 10.2 Å². The zero-order chi connectivity index (χ0) is 11.9. The van der Waals surface area contributed by atoms with Crippen molar-refractivity contribution < 1.29 is 17.9 Å². The van der Waals surface area contributed by atoms with Crippen LogP contribution >= 0.6 is 0 Å². The van der Waals surface area contributed by atoms with Crippen molar-refractivity contribution in [1.29, 1.82) is 0 Å². The van der Waals surface area contributed by atoms with Crippen molar-refractivity contribution in [3.8, 4) is 5.75 Å². The molecule has 0 fully saturated rings. The number of benzene rings is 1. The molecule has 7 heteroatoms. The lowest BCUT2D eigenvalue weighted by Gasteiger charge is -2.11. The number of anilines is 1. The maximum absolute atomic E-state index is 12.6. The molecule has 0 saturated heterocycles. The number of methoxy groups -OCH3 is 1. The molecule has 2 aromatic rings. The number of rotatable bonds is 1. The highest BCUT2D eigenvalue weighted by molar-refractivity contribution is 5.90. The summed E-state index contributed by atoms with van der Waals surface area (Å²) in [6.45, 7) is 0. The molecule has 0 atom stereocenters. The summed E-state index contributed by atoms with van der Waals surface area (Å²) < 4.78 is 42.6. The summed E-state index contributed by atoms with van der Waals surface area (Å²) in [5, 5.41) is 6.45. The van der Waals surface area contributed by atoms with Gasteiger partial charge in [0.15, 0.2) is 5.82 Å². The number of aromatic amines is 1. The van der Waals surface area contributed by atoms with Crippen LogP contribution in [-0.4, -0.2) is 17.3 Å². The van der Waals surface area contributed by atoms with Gasteiger partial charge in [-0.15, -0.1) is 0 Å². The van der Waals surface area contributed by atoms with E-state index in [9.17, 15) is 13.2 Å². The van der Waals surface area contributed by atoms with E-state index in [-0.39, 0.29) is 17.1 Å². The zero-order valence-electron chi connectivity index (χ0n) is 8.22. The van der Waals surface area contributed by atoms with Crippen LogP contribution in [0.1, 0.15) is 5.56 Å². The summed E-state index contributed by atoms with van der Waals surface area (Å²) >= 11 is 0. The number of nitrogens with one attached hydrogen (secondary N) is 1. The lowest BCUT2D eigenvalue weighted by atomic mass is 10.1. The molecule has 0 radical (unpaired) electrons. The minimum absolute atomic E-state index is 0.141. The van der Waals surface area contributed by atoms with E-state index in [0.29, 0.717) is 5.39 Å². The molecule has 0 aliphatic carbocycles. The Bertz CT molecular complexity index is 533. The second kappa shape index (κ2) is 3.29. The molecular formula is C9H8F3N3O. The highest BCUT2D eigenvalue weighted by Gasteiger charge is 2.35. The van der Waals surface area contributed by atoms with E-state index in [0.717, 1.165) is 6.07 Å². The van der Waals surface area contributed by atoms with Crippen molar-refractivity contribution in [2.24, 2.45) is 0 Å². The Morgan fingerprint density at radius 3 is 2.62 bits per heavy atom. The molecule has 16 heavy (non-hydrogen) atoms. The highest BCUT2D eigenvalue weighted by Crippen LogP contribution is 2.39. The lowest BCUT2D eigenvalue weighted by molar-refractivity contribution is -0.138. The summed E-state index contributed by atoms with van der Waals surface area (Å²) in [5.41, 5.74) is 4.85. The van der Waals surface area contributed by atoms with Crippen molar-refractivity contribution in [2.75, 3.05) is 12.8 Å². The van der Waals surface area contributed by atoms with E-state index in [1.165, 1.54) is 13.2 Å². The standard InChI is InChI=1S/C9H8F3N3O/c1-16-7-2-4-6(14-15-8(4)13)3-5(7)9(10,11)12/h2-3H,1H3,(H3,13,14,15). The van der Waals surface area contributed by atoms with Crippen LogP contribution in [0.3, 0.4) is 0 Å². The van der Waals surface area contributed by atoms with Gasteiger partial charge in [0.1, 0.15) is 5.75 Å². The van der Waals surface area contributed by atoms with Gasteiger partial charge in [0.05, 0.1) is 18.2 Å². The van der Waals surface area contributed by atoms with Crippen molar-refractivity contribution >= 4 is 16.7 Å². The second-order valence-electron chi connectivity index (χ2n) is 3.20. The molecule has 1 aromatic heterocycles. The van der Waals surface area contributed by atoms with Crippen LogP contribution < -0.4 is 10.5 Å². The molecule has 0 unspecified atom stereocenters. The van der Waals surface area contributed by atoms with Gasteiger partial charge in [-0.25, -0.2) is 0 Å². The van der Waals surface area contributed by atoms with Crippen LogP contribution in [0.25, 0.3) is 10.9 Å². The Morgan fingerprint density at radius 1 is 1.38 bits per heavy atom. The SMILES string of the molecule is COc1cc2c(N)n[nH]c2cc1C(F)(F)F. The lowest BCUT2D eigenvalue weighted by Crippen LogP contribution is -2.07. The summed E-state index contributed by atoms with van der Waals surface area (Å²) in [4.78, 5) is 0. The van der Waals surface area contributed by atoms with E-state index < -0.39 is 11.7 Å². The number of hydrogen-bond donors (Lipinski definition) is 2. The van der Waals surface area contributed by atoms with Crippen molar-refractivity contribution in [3.63, 3.8) is 0 Å². The molecule has 0 aliphatic rings. The monoisotopic (exact) mass is 231 g/mol. The van der Waals surface area contributed by atoms with Gasteiger partial charge < -0.3 is 10.5 Å². The van der Waals surface area contributed by atoms with Gasteiger partial charge in [0.25, 0.3) is 0 Å². The minimum atomic E-state index is -4.47. The smallest absolute Gasteiger partial charge is 0.420 e. The first-order valence-corrected chi connectivity index (χ1v) is 4.32. The third kappa shape index (κ3) is 1.54. The molecule has 0 amide bonds. The molecule has 3 N–H and O–H groups in total. The Balaban J connectivity index is 2.74.